The van der Waals surface area contributed by atoms with Gasteiger partial charge in [-0.2, -0.15) is 0 Å². The van der Waals surface area contributed by atoms with Crippen molar-refractivity contribution in [3.63, 3.8) is 0 Å². The molecular weight excluding hydrogens is 409 g/mol. The number of benzene rings is 1. The molecule has 8 heteroatoms. The van der Waals surface area contributed by atoms with Crippen molar-refractivity contribution in [3.05, 3.63) is 45.8 Å². The molecule has 0 radical (unpaired) electrons. The summed E-state index contributed by atoms with van der Waals surface area (Å²) in [6.45, 7) is 11.3. The molecule has 1 fully saturated rings. The quantitative estimate of drug-likeness (QED) is 0.755. The van der Waals surface area contributed by atoms with E-state index in [2.05, 4.69) is 33.9 Å². The maximum Gasteiger partial charge on any atom is 0.241 e. The molecule has 1 atom stereocenters. The van der Waals surface area contributed by atoms with Crippen LogP contribution in [0.5, 0.6) is 0 Å². The van der Waals surface area contributed by atoms with Gasteiger partial charge in [0, 0.05) is 48.9 Å². The lowest BCUT2D eigenvalue weighted by Gasteiger charge is -2.38. The number of rotatable bonds is 5. The molecule has 1 aliphatic rings. The van der Waals surface area contributed by atoms with Gasteiger partial charge < -0.3 is 10.2 Å². The first-order chi connectivity index (χ1) is 13.7. The van der Waals surface area contributed by atoms with E-state index in [4.69, 9.17) is 28.2 Å². The SMILES string of the molecule is Cc1cc(N2CCN([C@H](C)C(=O)Nc3cc(Cl)ccc3Cl)CC2)nc(C(C)C)n1. The number of carbonyl (C=O) groups is 1. The summed E-state index contributed by atoms with van der Waals surface area (Å²) in [4.78, 5) is 26.4. The summed E-state index contributed by atoms with van der Waals surface area (Å²) < 4.78 is 0. The molecule has 1 saturated heterocycles. The van der Waals surface area contributed by atoms with E-state index in [1.165, 1.54) is 0 Å². The summed E-state index contributed by atoms with van der Waals surface area (Å²) in [5.41, 5.74) is 1.51. The number of carbonyl (C=O) groups excluding carboxylic acids is 1. The Balaban J connectivity index is 1.61. The molecular formula is C21H27Cl2N5O. The normalized spacial score (nSPS) is 16.2. The van der Waals surface area contributed by atoms with Crippen LogP contribution in [0.4, 0.5) is 11.5 Å². The van der Waals surface area contributed by atoms with Crippen molar-refractivity contribution in [1.82, 2.24) is 14.9 Å². The van der Waals surface area contributed by atoms with E-state index in [9.17, 15) is 4.79 Å². The monoisotopic (exact) mass is 435 g/mol. The number of hydrogen-bond donors (Lipinski definition) is 1. The van der Waals surface area contributed by atoms with Gasteiger partial charge >= 0.3 is 0 Å². The fraction of sp³-hybridized carbons (Fsp3) is 0.476. The summed E-state index contributed by atoms with van der Waals surface area (Å²) in [5.74, 6) is 2.02. The van der Waals surface area contributed by atoms with Gasteiger partial charge in [0.15, 0.2) is 0 Å². The smallest absolute Gasteiger partial charge is 0.241 e. The number of anilines is 2. The highest BCUT2D eigenvalue weighted by Gasteiger charge is 2.27. The number of nitrogens with zero attached hydrogens (tertiary/aromatic N) is 4. The molecule has 6 nitrogen and oxygen atoms in total. The molecule has 0 bridgehead atoms. The van der Waals surface area contributed by atoms with E-state index in [0.29, 0.717) is 15.7 Å². The Morgan fingerprint density at radius 3 is 2.41 bits per heavy atom. The van der Waals surface area contributed by atoms with E-state index in [1.54, 1.807) is 18.2 Å². The molecule has 1 N–H and O–H groups in total. The number of nitrogens with one attached hydrogen (secondary N) is 1. The molecule has 3 rings (SSSR count). The first kappa shape index (κ1) is 21.8. The number of aromatic nitrogens is 2. The van der Waals surface area contributed by atoms with Gasteiger partial charge in [-0.25, -0.2) is 9.97 Å². The molecule has 1 aromatic carbocycles. The standard InChI is InChI=1S/C21H27Cl2N5O/c1-13(2)20-24-14(3)11-19(26-20)28-9-7-27(8-10-28)15(4)21(29)25-18-12-16(22)5-6-17(18)23/h5-6,11-13,15H,7-10H2,1-4H3,(H,25,29)/t15-/m1/s1. The van der Waals surface area contributed by atoms with Crippen molar-refractivity contribution in [3.8, 4) is 0 Å². The Labute approximate surface area is 182 Å². The van der Waals surface area contributed by atoms with Crippen LogP contribution in [0.3, 0.4) is 0 Å². The number of hydrogen-bond acceptors (Lipinski definition) is 5. The van der Waals surface area contributed by atoms with Crippen LogP contribution in [0.25, 0.3) is 0 Å². The zero-order chi connectivity index (χ0) is 21.1. The Bertz CT molecular complexity index is 881. The van der Waals surface area contributed by atoms with Crippen molar-refractivity contribution in [2.45, 2.75) is 39.7 Å². The third-order valence-corrected chi connectivity index (χ3v) is 5.69. The van der Waals surface area contributed by atoms with Crippen LogP contribution in [0.2, 0.25) is 10.0 Å². The van der Waals surface area contributed by atoms with Crippen molar-refractivity contribution >= 4 is 40.6 Å². The Morgan fingerprint density at radius 2 is 1.76 bits per heavy atom. The van der Waals surface area contributed by atoms with E-state index in [1.807, 2.05) is 19.9 Å². The third-order valence-electron chi connectivity index (χ3n) is 5.13. The number of amides is 1. The fourth-order valence-electron chi connectivity index (χ4n) is 3.33. The predicted molar refractivity (Wildman–Crippen MR) is 119 cm³/mol. The molecule has 0 spiro atoms. The third kappa shape index (κ3) is 5.38. The van der Waals surface area contributed by atoms with Gasteiger partial charge in [0.2, 0.25) is 5.91 Å². The van der Waals surface area contributed by atoms with Gasteiger partial charge in [-0.15, -0.1) is 0 Å². The van der Waals surface area contributed by atoms with Crippen LogP contribution in [-0.4, -0.2) is 53.0 Å². The first-order valence-electron chi connectivity index (χ1n) is 9.85. The number of piperazine rings is 1. The van der Waals surface area contributed by atoms with E-state index in [-0.39, 0.29) is 17.9 Å². The Morgan fingerprint density at radius 1 is 1.07 bits per heavy atom. The maximum atomic E-state index is 12.7. The molecule has 0 aliphatic carbocycles. The van der Waals surface area contributed by atoms with Crippen LogP contribution in [0.1, 0.15) is 38.2 Å². The van der Waals surface area contributed by atoms with E-state index >= 15 is 0 Å². The second-order valence-corrected chi connectivity index (χ2v) is 8.54. The minimum Gasteiger partial charge on any atom is -0.354 e. The van der Waals surface area contributed by atoms with Crippen LogP contribution in [-0.2, 0) is 4.79 Å². The Hall–Kier alpha value is -1.89. The summed E-state index contributed by atoms with van der Waals surface area (Å²) in [5, 5.41) is 3.89. The van der Waals surface area contributed by atoms with Gasteiger partial charge in [-0.3, -0.25) is 9.69 Å². The average molecular weight is 436 g/mol. The van der Waals surface area contributed by atoms with Gasteiger partial charge in [-0.05, 0) is 32.0 Å². The average Bonchev–Trinajstić information content (AvgIpc) is 2.69. The van der Waals surface area contributed by atoms with Gasteiger partial charge in [-0.1, -0.05) is 37.0 Å². The molecule has 0 unspecified atom stereocenters. The molecule has 0 saturated carbocycles. The second kappa shape index (κ2) is 9.28. The minimum atomic E-state index is -0.273. The molecule has 2 aromatic rings. The molecule has 2 heterocycles. The topological polar surface area (TPSA) is 61.4 Å². The second-order valence-electron chi connectivity index (χ2n) is 7.69. The zero-order valence-corrected chi connectivity index (χ0v) is 18.8. The predicted octanol–water partition coefficient (Wildman–Crippen LogP) is 4.36. The van der Waals surface area contributed by atoms with E-state index < -0.39 is 0 Å². The van der Waals surface area contributed by atoms with Crippen molar-refractivity contribution < 1.29 is 4.79 Å². The van der Waals surface area contributed by atoms with Gasteiger partial charge in [0.1, 0.15) is 11.6 Å². The Kier molecular flexibility index (Phi) is 6.98. The summed E-state index contributed by atoms with van der Waals surface area (Å²) in [6, 6.07) is 6.79. The highest BCUT2D eigenvalue weighted by Crippen LogP contribution is 2.26. The molecule has 1 amide bonds. The van der Waals surface area contributed by atoms with Crippen molar-refractivity contribution in [1.29, 1.82) is 0 Å². The molecule has 1 aliphatic heterocycles. The van der Waals surface area contributed by atoms with Crippen LogP contribution >= 0.6 is 23.2 Å². The summed E-state index contributed by atoms with van der Waals surface area (Å²) >= 11 is 12.2. The molecule has 29 heavy (non-hydrogen) atoms. The highest BCUT2D eigenvalue weighted by atomic mass is 35.5. The lowest BCUT2D eigenvalue weighted by Crippen LogP contribution is -2.53. The first-order valence-corrected chi connectivity index (χ1v) is 10.6. The zero-order valence-electron chi connectivity index (χ0n) is 17.2. The van der Waals surface area contributed by atoms with Crippen LogP contribution < -0.4 is 10.2 Å². The van der Waals surface area contributed by atoms with Crippen molar-refractivity contribution in [2.75, 3.05) is 36.4 Å². The summed E-state index contributed by atoms with van der Waals surface area (Å²) in [6.07, 6.45) is 0. The van der Waals surface area contributed by atoms with Crippen LogP contribution in [0, 0.1) is 6.92 Å². The number of halogens is 2. The molecule has 1 aromatic heterocycles. The highest BCUT2D eigenvalue weighted by molar-refractivity contribution is 6.35. The maximum absolute atomic E-state index is 12.7. The van der Waals surface area contributed by atoms with Crippen molar-refractivity contribution in [2.24, 2.45) is 0 Å². The van der Waals surface area contributed by atoms with Gasteiger partial charge in [0.05, 0.1) is 16.8 Å². The lowest BCUT2D eigenvalue weighted by atomic mass is 10.2. The van der Waals surface area contributed by atoms with Crippen LogP contribution in [0.15, 0.2) is 24.3 Å². The van der Waals surface area contributed by atoms with Gasteiger partial charge in [0.25, 0.3) is 0 Å². The minimum absolute atomic E-state index is 0.0948. The fourth-order valence-corrected chi connectivity index (χ4v) is 3.67. The largest absolute Gasteiger partial charge is 0.354 e. The van der Waals surface area contributed by atoms with E-state index in [0.717, 1.165) is 43.5 Å². The molecule has 156 valence electrons. The lowest BCUT2D eigenvalue weighted by molar-refractivity contribution is -0.120. The summed E-state index contributed by atoms with van der Waals surface area (Å²) in [7, 11) is 0. The number of aryl methyl sites for hydroxylation is 1.